The summed E-state index contributed by atoms with van der Waals surface area (Å²) in [5.74, 6) is -0.971. The number of aryl methyl sites for hydroxylation is 2. The van der Waals surface area contributed by atoms with Crippen molar-refractivity contribution in [1.82, 2.24) is 0 Å². The Hall–Kier alpha value is -3.35. The zero-order chi connectivity index (χ0) is 22.4. The third-order valence-electron chi connectivity index (χ3n) is 5.27. The van der Waals surface area contributed by atoms with Crippen LogP contribution in [-0.2, 0) is 25.5 Å². The van der Waals surface area contributed by atoms with Crippen molar-refractivity contribution in [2.24, 2.45) is 5.92 Å². The number of hydrogen-bond acceptors (Lipinski definition) is 5. The summed E-state index contributed by atoms with van der Waals surface area (Å²) in [6.07, 6.45) is 0.841. The number of carbonyl (C=O) groups is 3. The van der Waals surface area contributed by atoms with Gasteiger partial charge in [0.25, 0.3) is 5.91 Å². The number of nitrogens with one attached hydrogen (secondary N) is 1. The number of benzene rings is 2. The number of para-hydroxylation sites is 1. The molecule has 0 aliphatic carbocycles. The van der Waals surface area contributed by atoms with E-state index in [0.717, 1.165) is 29.0 Å². The van der Waals surface area contributed by atoms with Crippen LogP contribution in [0.15, 0.2) is 42.5 Å². The van der Waals surface area contributed by atoms with E-state index in [1.165, 1.54) is 0 Å². The molecule has 3 rings (SSSR count). The van der Waals surface area contributed by atoms with Crippen LogP contribution in [0, 0.1) is 12.8 Å². The number of carbonyl (C=O) groups excluding carboxylic acids is 3. The fraction of sp³-hybridized carbons (Fsp3) is 0.375. The number of amides is 2. The Balaban J connectivity index is 1.54. The molecule has 1 fully saturated rings. The summed E-state index contributed by atoms with van der Waals surface area (Å²) < 4.78 is 10.6. The van der Waals surface area contributed by atoms with Gasteiger partial charge in [-0.1, -0.05) is 25.1 Å². The third kappa shape index (κ3) is 5.42. The fourth-order valence-electron chi connectivity index (χ4n) is 3.64. The third-order valence-corrected chi connectivity index (χ3v) is 5.27. The first-order valence-corrected chi connectivity index (χ1v) is 10.5. The minimum atomic E-state index is -0.600. The summed E-state index contributed by atoms with van der Waals surface area (Å²) in [4.78, 5) is 38.7. The standard InChI is InChI=1S/C24H28N2O5/c1-4-17-8-6-7-16(3)23(17)25-21(27)15-31-24(29)18-13-22(28)26(14-18)19-9-11-20(12-10-19)30-5-2/h6-12,18H,4-5,13-15H2,1-3H3,(H,25,27)/t18-/m1/s1. The van der Waals surface area contributed by atoms with Gasteiger partial charge in [-0.05, 0) is 55.7 Å². The summed E-state index contributed by atoms with van der Waals surface area (Å²) in [7, 11) is 0. The Morgan fingerprint density at radius 2 is 1.87 bits per heavy atom. The Morgan fingerprint density at radius 3 is 2.55 bits per heavy atom. The molecule has 1 atom stereocenters. The number of nitrogens with zero attached hydrogens (tertiary/aromatic N) is 1. The van der Waals surface area contributed by atoms with Crippen LogP contribution in [-0.4, -0.2) is 37.5 Å². The van der Waals surface area contributed by atoms with Crippen LogP contribution >= 0.6 is 0 Å². The van der Waals surface area contributed by atoms with Crippen LogP contribution in [0.25, 0.3) is 0 Å². The lowest BCUT2D eigenvalue weighted by atomic mass is 10.1. The Labute approximate surface area is 182 Å². The molecule has 1 aliphatic heterocycles. The van der Waals surface area contributed by atoms with Gasteiger partial charge < -0.3 is 19.7 Å². The second-order valence-corrected chi connectivity index (χ2v) is 7.45. The molecule has 2 aromatic rings. The lowest BCUT2D eigenvalue weighted by Crippen LogP contribution is -2.28. The Bertz CT molecular complexity index is 955. The van der Waals surface area contributed by atoms with Gasteiger partial charge in [-0.3, -0.25) is 14.4 Å². The highest BCUT2D eigenvalue weighted by atomic mass is 16.5. The lowest BCUT2D eigenvalue weighted by Gasteiger charge is -2.17. The van der Waals surface area contributed by atoms with Gasteiger partial charge in [-0.15, -0.1) is 0 Å². The minimum absolute atomic E-state index is 0.0610. The average Bonchev–Trinajstić information content (AvgIpc) is 3.16. The van der Waals surface area contributed by atoms with Crippen molar-refractivity contribution in [2.45, 2.75) is 33.6 Å². The molecule has 7 heteroatoms. The Kier molecular flexibility index (Phi) is 7.28. The predicted molar refractivity (Wildman–Crippen MR) is 118 cm³/mol. The molecule has 0 spiro atoms. The maximum atomic E-state index is 12.5. The van der Waals surface area contributed by atoms with Crippen molar-refractivity contribution in [3.05, 3.63) is 53.6 Å². The van der Waals surface area contributed by atoms with Crippen molar-refractivity contribution >= 4 is 29.2 Å². The second-order valence-electron chi connectivity index (χ2n) is 7.45. The zero-order valence-corrected chi connectivity index (χ0v) is 18.1. The molecule has 0 aromatic heterocycles. The fourth-order valence-corrected chi connectivity index (χ4v) is 3.64. The first-order valence-electron chi connectivity index (χ1n) is 10.5. The van der Waals surface area contributed by atoms with E-state index in [1.807, 2.05) is 39.0 Å². The summed E-state index contributed by atoms with van der Waals surface area (Å²) >= 11 is 0. The van der Waals surface area contributed by atoms with Gasteiger partial charge in [-0.25, -0.2) is 0 Å². The molecule has 1 N–H and O–H groups in total. The number of anilines is 2. The first kappa shape index (κ1) is 22.3. The molecule has 0 saturated carbocycles. The smallest absolute Gasteiger partial charge is 0.311 e. The van der Waals surface area contributed by atoms with Crippen LogP contribution in [0.1, 0.15) is 31.4 Å². The molecule has 164 valence electrons. The van der Waals surface area contributed by atoms with Gasteiger partial charge in [0, 0.05) is 24.3 Å². The molecule has 2 aromatic carbocycles. The van der Waals surface area contributed by atoms with E-state index in [0.29, 0.717) is 12.3 Å². The Morgan fingerprint density at radius 1 is 1.13 bits per heavy atom. The van der Waals surface area contributed by atoms with Crippen LogP contribution in [0.5, 0.6) is 5.75 Å². The maximum Gasteiger partial charge on any atom is 0.311 e. The van der Waals surface area contributed by atoms with Crippen LogP contribution in [0.2, 0.25) is 0 Å². The normalized spacial score (nSPS) is 15.6. The number of ether oxygens (including phenoxy) is 2. The van der Waals surface area contributed by atoms with Gasteiger partial charge in [0.2, 0.25) is 5.91 Å². The van der Waals surface area contributed by atoms with E-state index in [9.17, 15) is 14.4 Å². The van der Waals surface area contributed by atoms with E-state index < -0.39 is 17.8 Å². The molecule has 0 unspecified atom stereocenters. The highest BCUT2D eigenvalue weighted by Gasteiger charge is 2.36. The molecule has 1 saturated heterocycles. The summed E-state index contributed by atoms with van der Waals surface area (Å²) in [5, 5.41) is 2.83. The van der Waals surface area contributed by atoms with E-state index in [4.69, 9.17) is 9.47 Å². The van der Waals surface area contributed by atoms with Crippen molar-refractivity contribution in [2.75, 3.05) is 30.0 Å². The molecule has 0 radical (unpaired) electrons. The van der Waals surface area contributed by atoms with Gasteiger partial charge in [-0.2, -0.15) is 0 Å². The summed E-state index contributed by atoms with van der Waals surface area (Å²) in [5.41, 5.74) is 3.43. The number of esters is 1. The lowest BCUT2D eigenvalue weighted by molar-refractivity contribution is -0.151. The minimum Gasteiger partial charge on any atom is -0.494 e. The average molecular weight is 424 g/mol. The monoisotopic (exact) mass is 424 g/mol. The topological polar surface area (TPSA) is 84.9 Å². The van der Waals surface area contributed by atoms with E-state index >= 15 is 0 Å². The molecular weight excluding hydrogens is 396 g/mol. The zero-order valence-electron chi connectivity index (χ0n) is 18.1. The molecular formula is C24H28N2O5. The van der Waals surface area contributed by atoms with Gasteiger partial charge in [0.15, 0.2) is 6.61 Å². The highest BCUT2D eigenvalue weighted by molar-refractivity contribution is 6.00. The van der Waals surface area contributed by atoms with Crippen molar-refractivity contribution in [3.8, 4) is 5.75 Å². The van der Waals surface area contributed by atoms with Crippen LogP contribution < -0.4 is 15.0 Å². The highest BCUT2D eigenvalue weighted by Crippen LogP contribution is 2.27. The molecule has 31 heavy (non-hydrogen) atoms. The molecule has 1 heterocycles. The van der Waals surface area contributed by atoms with Gasteiger partial charge >= 0.3 is 5.97 Å². The number of rotatable bonds is 8. The quantitative estimate of drug-likeness (QED) is 0.656. The summed E-state index contributed by atoms with van der Waals surface area (Å²) in [6, 6.07) is 13.0. The van der Waals surface area contributed by atoms with E-state index in [2.05, 4.69) is 5.32 Å². The molecule has 2 amide bonds. The number of hydrogen-bond donors (Lipinski definition) is 1. The van der Waals surface area contributed by atoms with Crippen molar-refractivity contribution in [1.29, 1.82) is 0 Å². The maximum absolute atomic E-state index is 12.5. The second kappa shape index (κ2) is 10.1. The molecule has 1 aliphatic rings. The summed E-state index contributed by atoms with van der Waals surface area (Å²) in [6.45, 7) is 6.23. The molecule has 7 nitrogen and oxygen atoms in total. The largest absolute Gasteiger partial charge is 0.494 e. The first-order chi connectivity index (χ1) is 14.9. The van der Waals surface area contributed by atoms with Crippen LogP contribution in [0.3, 0.4) is 0 Å². The SMILES string of the molecule is CCOc1ccc(N2C[C@H](C(=O)OCC(=O)Nc3c(C)cccc3CC)CC2=O)cc1. The van der Waals surface area contributed by atoms with E-state index in [1.54, 1.807) is 29.2 Å². The van der Waals surface area contributed by atoms with Gasteiger partial charge in [0.1, 0.15) is 5.75 Å². The van der Waals surface area contributed by atoms with Gasteiger partial charge in [0.05, 0.1) is 12.5 Å². The van der Waals surface area contributed by atoms with Crippen molar-refractivity contribution < 1.29 is 23.9 Å². The molecule has 0 bridgehead atoms. The predicted octanol–water partition coefficient (Wildman–Crippen LogP) is 3.49. The van der Waals surface area contributed by atoms with E-state index in [-0.39, 0.29) is 25.5 Å². The van der Waals surface area contributed by atoms with Crippen molar-refractivity contribution in [3.63, 3.8) is 0 Å². The van der Waals surface area contributed by atoms with Crippen LogP contribution in [0.4, 0.5) is 11.4 Å².